The molecule has 4 nitrogen and oxygen atoms in total. The predicted octanol–water partition coefficient (Wildman–Crippen LogP) is 2.12. The van der Waals surface area contributed by atoms with E-state index in [1.807, 2.05) is 11.9 Å². The molecule has 1 aromatic heterocycles. The van der Waals surface area contributed by atoms with Gasteiger partial charge in [-0.15, -0.1) is 11.3 Å². The first-order valence-electron chi connectivity index (χ1n) is 7.67. The fraction of sp³-hybridized carbons (Fsp3) is 0.733. The molecule has 1 amide bonds. The van der Waals surface area contributed by atoms with Crippen LogP contribution in [0, 0.1) is 0 Å². The molecule has 0 saturated carbocycles. The Bertz CT molecular complexity index is 456. The second kappa shape index (κ2) is 6.22. The summed E-state index contributed by atoms with van der Waals surface area (Å²) in [5, 5.41) is 4.49. The maximum atomic E-state index is 12.2. The lowest BCUT2D eigenvalue weighted by Crippen LogP contribution is -2.33. The van der Waals surface area contributed by atoms with Crippen LogP contribution in [0.2, 0.25) is 0 Å². The van der Waals surface area contributed by atoms with Gasteiger partial charge >= 0.3 is 0 Å². The molecule has 0 bridgehead atoms. The largest absolute Gasteiger partial charge is 0.339 e. The SMILES string of the molecule is CN(Cc1nc2c(s1)CCCC2)C(=O)CC1CCCN1. The molecule has 2 aliphatic rings. The maximum Gasteiger partial charge on any atom is 0.224 e. The summed E-state index contributed by atoms with van der Waals surface area (Å²) in [6.45, 7) is 1.73. The normalized spacial score (nSPS) is 21.8. The lowest BCUT2D eigenvalue weighted by atomic mass is 10.0. The molecule has 1 unspecified atom stereocenters. The van der Waals surface area contributed by atoms with Crippen LogP contribution in [0.5, 0.6) is 0 Å². The Balaban J connectivity index is 1.56. The van der Waals surface area contributed by atoms with E-state index >= 15 is 0 Å². The number of hydrogen-bond donors (Lipinski definition) is 1. The van der Waals surface area contributed by atoms with Crippen molar-refractivity contribution in [2.45, 2.75) is 57.5 Å². The van der Waals surface area contributed by atoms with E-state index < -0.39 is 0 Å². The summed E-state index contributed by atoms with van der Waals surface area (Å²) in [4.78, 5) is 20.2. The zero-order valence-electron chi connectivity index (χ0n) is 12.2. The molecule has 0 aromatic carbocycles. The molecule has 1 atom stereocenters. The van der Waals surface area contributed by atoms with E-state index in [1.54, 1.807) is 11.3 Å². The summed E-state index contributed by atoms with van der Waals surface area (Å²) < 4.78 is 0. The minimum absolute atomic E-state index is 0.234. The van der Waals surface area contributed by atoms with Crippen molar-refractivity contribution in [2.24, 2.45) is 0 Å². The van der Waals surface area contributed by atoms with E-state index in [2.05, 4.69) is 5.32 Å². The number of hydrogen-bond acceptors (Lipinski definition) is 4. The molecule has 1 fully saturated rings. The summed E-state index contributed by atoms with van der Waals surface area (Å²) in [5.74, 6) is 0.234. The summed E-state index contributed by atoms with van der Waals surface area (Å²) in [6.07, 6.45) is 7.80. The van der Waals surface area contributed by atoms with E-state index in [9.17, 15) is 4.79 Å². The number of aryl methyl sites for hydroxylation is 2. The van der Waals surface area contributed by atoms with Crippen LogP contribution in [0.15, 0.2) is 0 Å². The van der Waals surface area contributed by atoms with Crippen LogP contribution >= 0.6 is 11.3 Å². The number of carbonyl (C=O) groups is 1. The third-order valence-corrected chi connectivity index (χ3v) is 5.41. The highest BCUT2D eigenvalue weighted by Crippen LogP contribution is 2.27. The number of rotatable bonds is 4. The van der Waals surface area contributed by atoms with Gasteiger partial charge in [0.2, 0.25) is 5.91 Å². The van der Waals surface area contributed by atoms with Crippen LogP contribution in [0.4, 0.5) is 0 Å². The highest BCUT2D eigenvalue weighted by Gasteiger charge is 2.21. The Labute approximate surface area is 124 Å². The van der Waals surface area contributed by atoms with E-state index in [1.165, 1.54) is 36.3 Å². The monoisotopic (exact) mass is 293 g/mol. The first-order valence-corrected chi connectivity index (χ1v) is 8.49. The molecular weight excluding hydrogens is 270 g/mol. The van der Waals surface area contributed by atoms with Crippen LogP contribution in [-0.2, 0) is 24.2 Å². The van der Waals surface area contributed by atoms with E-state index in [0.29, 0.717) is 19.0 Å². The van der Waals surface area contributed by atoms with Crippen molar-refractivity contribution in [1.82, 2.24) is 15.2 Å². The van der Waals surface area contributed by atoms with Crippen molar-refractivity contribution in [3.63, 3.8) is 0 Å². The molecule has 0 spiro atoms. The van der Waals surface area contributed by atoms with Gasteiger partial charge in [0.15, 0.2) is 0 Å². The Morgan fingerprint density at radius 1 is 1.40 bits per heavy atom. The number of thiazole rings is 1. The lowest BCUT2D eigenvalue weighted by Gasteiger charge is -2.18. The fourth-order valence-electron chi connectivity index (χ4n) is 3.06. The molecule has 110 valence electrons. The van der Waals surface area contributed by atoms with Gasteiger partial charge in [-0.05, 0) is 45.1 Å². The number of amides is 1. The molecule has 3 rings (SSSR count). The average molecular weight is 293 g/mol. The van der Waals surface area contributed by atoms with Gasteiger partial charge in [-0.25, -0.2) is 4.98 Å². The van der Waals surface area contributed by atoms with Gasteiger partial charge in [0.1, 0.15) is 5.01 Å². The molecule has 1 N–H and O–H groups in total. The first-order chi connectivity index (χ1) is 9.72. The number of nitrogens with zero attached hydrogens (tertiary/aromatic N) is 2. The van der Waals surface area contributed by atoms with Gasteiger partial charge in [0.05, 0.1) is 12.2 Å². The van der Waals surface area contributed by atoms with Crippen molar-refractivity contribution in [3.05, 3.63) is 15.6 Å². The van der Waals surface area contributed by atoms with Crippen LogP contribution < -0.4 is 5.32 Å². The first kappa shape index (κ1) is 14.0. The van der Waals surface area contributed by atoms with E-state index in [0.717, 1.165) is 24.4 Å². The average Bonchev–Trinajstić information content (AvgIpc) is 3.06. The Hall–Kier alpha value is -0.940. The highest BCUT2D eigenvalue weighted by atomic mass is 32.1. The van der Waals surface area contributed by atoms with Crippen molar-refractivity contribution in [2.75, 3.05) is 13.6 Å². The quantitative estimate of drug-likeness (QED) is 0.925. The Morgan fingerprint density at radius 2 is 2.25 bits per heavy atom. The molecule has 0 radical (unpaired) electrons. The van der Waals surface area contributed by atoms with Crippen molar-refractivity contribution < 1.29 is 4.79 Å². The van der Waals surface area contributed by atoms with Crippen molar-refractivity contribution >= 4 is 17.2 Å². The lowest BCUT2D eigenvalue weighted by molar-refractivity contribution is -0.130. The van der Waals surface area contributed by atoms with Crippen LogP contribution in [-0.4, -0.2) is 35.4 Å². The fourth-order valence-corrected chi connectivity index (χ4v) is 4.27. The van der Waals surface area contributed by atoms with Crippen LogP contribution in [0.1, 0.15) is 47.7 Å². The minimum atomic E-state index is 0.234. The molecule has 5 heteroatoms. The van der Waals surface area contributed by atoms with Crippen molar-refractivity contribution in [1.29, 1.82) is 0 Å². The number of carbonyl (C=O) groups excluding carboxylic acids is 1. The number of nitrogens with one attached hydrogen (secondary N) is 1. The van der Waals surface area contributed by atoms with Gasteiger partial charge in [-0.1, -0.05) is 0 Å². The topological polar surface area (TPSA) is 45.2 Å². The molecular formula is C15H23N3OS. The summed E-state index contributed by atoms with van der Waals surface area (Å²) >= 11 is 1.80. The smallest absolute Gasteiger partial charge is 0.224 e. The zero-order valence-corrected chi connectivity index (χ0v) is 13.0. The zero-order chi connectivity index (χ0) is 13.9. The number of fused-ring (bicyclic) bond motifs is 1. The summed E-state index contributed by atoms with van der Waals surface area (Å²) in [5.41, 5.74) is 1.29. The van der Waals surface area contributed by atoms with Gasteiger partial charge in [-0.3, -0.25) is 4.79 Å². The molecule has 1 aromatic rings. The minimum Gasteiger partial charge on any atom is -0.339 e. The predicted molar refractivity (Wildman–Crippen MR) is 80.9 cm³/mol. The van der Waals surface area contributed by atoms with Gasteiger partial charge in [-0.2, -0.15) is 0 Å². The molecule has 1 aliphatic heterocycles. The molecule has 1 saturated heterocycles. The number of aromatic nitrogens is 1. The molecule has 1 aliphatic carbocycles. The second-order valence-electron chi connectivity index (χ2n) is 5.93. The van der Waals surface area contributed by atoms with Crippen molar-refractivity contribution in [3.8, 4) is 0 Å². The summed E-state index contributed by atoms with van der Waals surface area (Å²) in [7, 11) is 1.90. The van der Waals surface area contributed by atoms with Crippen LogP contribution in [0.3, 0.4) is 0 Å². The Morgan fingerprint density at radius 3 is 3.00 bits per heavy atom. The van der Waals surface area contributed by atoms with Crippen LogP contribution in [0.25, 0.3) is 0 Å². The van der Waals surface area contributed by atoms with Gasteiger partial charge in [0.25, 0.3) is 0 Å². The van der Waals surface area contributed by atoms with Gasteiger partial charge < -0.3 is 10.2 Å². The third-order valence-electron chi connectivity index (χ3n) is 4.27. The van der Waals surface area contributed by atoms with Gasteiger partial charge in [0, 0.05) is 24.4 Å². The highest BCUT2D eigenvalue weighted by molar-refractivity contribution is 7.11. The standard InChI is InChI=1S/C15H23N3OS/c1-18(15(19)9-11-5-4-8-16-11)10-14-17-12-6-2-3-7-13(12)20-14/h11,16H,2-10H2,1H3. The van der Waals surface area contributed by atoms with E-state index in [-0.39, 0.29) is 5.91 Å². The molecule has 20 heavy (non-hydrogen) atoms. The Kier molecular flexibility index (Phi) is 4.36. The maximum absolute atomic E-state index is 12.2. The molecule has 2 heterocycles. The van der Waals surface area contributed by atoms with E-state index in [4.69, 9.17) is 4.98 Å². The summed E-state index contributed by atoms with van der Waals surface area (Å²) in [6, 6.07) is 0.384. The second-order valence-corrected chi connectivity index (χ2v) is 7.10. The third kappa shape index (κ3) is 3.20.